The number of anilines is 1. The van der Waals surface area contributed by atoms with Gasteiger partial charge in [-0.05, 0) is 49.7 Å². The second kappa shape index (κ2) is 6.32. The number of aromatic nitrogens is 1. The van der Waals surface area contributed by atoms with Gasteiger partial charge in [-0.2, -0.15) is 0 Å². The molecule has 0 unspecified atom stereocenters. The Balaban J connectivity index is 2.03. The maximum Gasteiger partial charge on any atom is 0.258 e. The third-order valence-electron chi connectivity index (χ3n) is 4.36. The van der Waals surface area contributed by atoms with Crippen LogP contribution in [0.5, 0.6) is 0 Å². The molecular weight excluding hydrogens is 300 g/mol. The van der Waals surface area contributed by atoms with Crippen molar-refractivity contribution in [3.63, 3.8) is 0 Å². The van der Waals surface area contributed by atoms with Crippen molar-refractivity contribution in [1.29, 1.82) is 0 Å². The van der Waals surface area contributed by atoms with Crippen LogP contribution in [0.1, 0.15) is 22.8 Å². The highest BCUT2D eigenvalue weighted by Crippen LogP contribution is 2.22. The van der Waals surface area contributed by atoms with Gasteiger partial charge in [-0.15, -0.1) is 0 Å². The van der Waals surface area contributed by atoms with Crippen molar-refractivity contribution < 1.29 is 4.79 Å². The monoisotopic (exact) mass is 320 g/mol. The van der Waals surface area contributed by atoms with Crippen LogP contribution in [-0.2, 0) is 6.54 Å². The van der Waals surface area contributed by atoms with Gasteiger partial charge in [0, 0.05) is 36.3 Å². The van der Waals surface area contributed by atoms with E-state index in [2.05, 4.69) is 0 Å². The third kappa shape index (κ3) is 2.71. The molecule has 3 rings (SSSR count). The number of hydrogen-bond acceptors (Lipinski definition) is 2. The number of nitrogens with zero attached hydrogens (tertiary/aromatic N) is 2. The molecule has 0 N–H and O–H groups in total. The standard InChI is InChI=1S/C20H20N2O2/c1-4-22-18-11-10-16(13-15(18)9-12-19(22)23)21(3)20(24)17-8-6-5-7-14(17)2/h5-13H,4H2,1-3H3. The molecule has 1 amide bonds. The van der Waals surface area contributed by atoms with Crippen molar-refractivity contribution in [2.75, 3.05) is 11.9 Å². The Morgan fingerprint density at radius 1 is 1.08 bits per heavy atom. The largest absolute Gasteiger partial charge is 0.311 e. The summed E-state index contributed by atoms with van der Waals surface area (Å²) in [5.41, 5.74) is 3.32. The number of benzene rings is 2. The smallest absolute Gasteiger partial charge is 0.258 e. The van der Waals surface area contributed by atoms with E-state index in [-0.39, 0.29) is 11.5 Å². The van der Waals surface area contributed by atoms with E-state index in [4.69, 9.17) is 0 Å². The molecule has 0 radical (unpaired) electrons. The van der Waals surface area contributed by atoms with E-state index in [1.54, 1.807) is 28.6 Å². The van der Waals surface area contributed by atoms with Crippen LogP contribution in [0.4, 0.5) is 5.69 Å². The summed E-state index contributed by atoms with van der Waals surface area (Å²) in [4.78, 5) is 26.3. The summed E-state index contributed by atoms with van der Waals surface area (Å²) in [5, 5.41) is 0.943. The van der Waals surface area contributed by atoms with E-state index >= 15 is 0 Å². The Morgan fingerprint density at radius 3 is 2.54 bits per heavy atom. The average molecular weight is 320 g/mol. The van der Waals surface area contributed by atoms with Crippen molar-refractivity contribution >= 4 is 22.5 Å². The number of aryl methyl sites for hydroxylation is 2. The van der Waals surface area contributed by atoms with Gasteiger partial charge in [0.2, 0.25) is 0 Å². The zero-order chi connectivity index (χ0) is 17.3. The van der Waals surface area contributed by atoms with Gasteiger partial charge in [0.1, 0.15) is 0 Å². The first-order valence-electron chi connectivity index (χ1n) is 8.00. The maximum atomic E-state index is 12.7. The Labute approximate surface area is 141 Å². The Kier molecular flexibility index (Phi) is 4.21. The van der Waals surface area contributed by atoms with Crippen LogP contribution in [-0.4, -0.2) is 17.5 Å². The molecule has 3 aromatic rings. The van der Waals surface area contributed by atoms with E-state index in [0.29, 0.717) is 12.1 Å². The summed E-state index contributed by atoms with van der Waals surface area (Å²) < 4.78 is 1.72. The van der Waals surface area contributed by atoms with Crippen LogP contribution < -0.4 is 10.5 Å². The minimum absolute atomic E-state index is 0.0120. The lowest BCUT2D eigenvalue weighted by Crippen LogP contribution is -2.27. The average Bonchev–Trinajstić information content (AvgIpc) is 2.60. The molecular formula is C20H20N2O2. The number of carbonyl (C=O) groups excluding carboxylic acids is 1. The number of carbonyl (C=O) groups is 1. The van der Waals surface area contributed by atoms with Crippen molar-refractivity contribution in [3.05, 3.63) is 76.1 Å². The lowest BCUT2D eigenvalue weighted by atomic mass is 10.1. The molecule has 1 aromatic heterocycles. The van der Waals surface area contributed by atoms with Crippen molar-refractivity contribution in [2.24, 2.45) is 0 Å². The summed E-state index contributed by atoms with van der Waals surface area (Å²) >= 11 is 0. The van der Waals surface area contributed by atoms with E-state index in [0.717, 1.165) is 22.2 Å². The van der Waals surface area contributed by atoms with E-state index in [1.807, 2.05) is 56.3 Å². The summed E-state index contributed by atoms with van der Waals surface area (Å²) in [5.74, 6) is -0.0451. The third-order valence-corrected chi connectivity index (χ3v) is 4.36. The molecule has 0 fully saturated rings. The normalized spacial score (nSPS) is 10.8. The number of amides is 1. The molecule has 4 heteroatoms. The van der Waals surface area contributed by atoms with Gasteiger partial charge in [0.05, 0.1) is 5.52 Å². The molecule has 122 valence electrons. The Morgan fingerprint density at radius 2 is 1.83 bits per heavy atom. The molecule has 0 spiro atoms. The fourth-order valence-corrected chi connectivity index (χ4v) is 2.94. The molecule has 0 saturated heterocycles. The summed E-state index contributed by atoms with van der Waals surface area (Å²) in [6.45, 7) is 4.50. The minimum atomic E-state index is -0.0451. The van der Waals surface area contributed by atoms with Crippen molar-refractivity contribution in [3.8, 4) is 0 Å². The summed E-state index contributed by atoms with van der Waals surface area (Å²) in [6, 6.07) is 16.7. The quantitative estimate of drug-likeness (QED) is 0.740. The molecule has 1 heterocycles. The second-order valence-corrected chi connectivity index (χ2v) is 5.84. The molecule has 24 heavy (non-hydrogen) atoms. The number of rotatable bonds is 3. The van der Waals surface area contributed by atoms with Crippen LogP contribution in [0.2, 0.25) is 0 Å². The second-order valence-electron chi connectivity index (χ2n) is 5.84. The van der Waals surface area contributed by atoms with Crippen LogP contribution in [0.3, 0.4) is 0 Å². The fraction of sp³-hybridized carbons (Fsp3) is 0.200. The molecule has 0 saturated carbocycles. The summed E-state index contributed by atoms with van der Waals surface area (Å²) in [7, 11) is 1.77. The number of fused-ring (bicyclic) bond motifs is 1. The molecule has 0 aliphatic rings. The zero-order valence-corrected chi connectivity index (χ0v) is 14.1. The lowest BCUT2D eigenvalue weighted by molar-refractivity contribution is 0.0992. The van der Waals surface area contributed by atoms with Gasteiger partial charge in [-0.3, -0.25) is 9.59 Å². The van der Waals surface area contributed by atoms with Crippen LogP contribution in [0.25, 0.3) is 10.9 Å². The predicted octanol–water partition coefficient (Wildman–Crippen LogP) is 3.61. The first-order chi connectivity index (χ1) is 11.5. The zero-order valence-electron chi connectivity index (χ0n) is 14.1. The minimum Gasteiger partial charge on any atom is -0.311 e. The lowest BCUT2D eigenvalue weighted by Gasteiger charge is -2.19. The molecule has 4 nitrogen and oxygen atoms in total. The molecule has 0 aliphatic heterocycles. The fourth-order valence-electron chi connectivity index (χ4n) is 2.94. The maximum absolute atomic E-state index is 12.7. The highest BCUT2D eigenvalue weighted by Gasteiger charge is 2.15. The van der Waals surface area contributed by atoms with Gasteiger partial charge in [0.15, 0.2) is 0 Å². The van der Waals surface area contributed by atoms with Gasteiger partial charge < -0.3 is 9.47 Å². The van der Waals surface area contributed by atoms with E-state index in [1.165, 1.54) is 0 Å². The SMILES string of the molecule is CCn1c(=O)ccc2cc(N(C)C(=O)c3ccccc3C)ccc21. The van der Waals surface area contributed by atoms with Gasteiger partial charge >= 0.3 is 0 Å². The topological polar surface area (TPSA) is 42.3 Å². The van der Waals surface area contributed by atoms with E-state index in [9.17, 15) is 9.59 Å². The van der Waals surface area contributed by atoms with Crippen molar-refractivity contribution in [2.45, 2.75) is 20.4 Å². The van der Waals surface area contributed by atoms with E-state index < -0.39 is 0 Å². The first-order valence-corrected chi connectivity index (χ1v) is 8.00. The number of pyridine rings is 1. The molecule has 2 aromatic carbocycles. The van der Waals surface area contributed by atoms with Crippen LogP contribution in [0.15, 0.2) is 59.4 Å². The highest BCUT2D eigenvalue weighted by atomic mass is 16.2. The Hall–Kier alpha value is -2.88. The van der Waals surface area contributed by atoms with Gasteiger partial charge in [0.25, 0.3) is 11.5 Å². The van der Waals surface area contributed by atoms with Crippen LogP contribution >= 0.6 is 0 Å². The number of hydrogen-bond donors (Lipinski definition) is 0. The predicted molar refractivity (Wildman–Crippen MR) is 97.8 cm³/mol. The van der Waals surface area contributed by atoms with Gasteiger partial charge in [-0.1, -0.05) is 18.2 Å². The summed E-state index contributed by atoms with van der Waals surface area (Å²) in [6.07, 6.45) is 0. The van der Waals surface area contributed by atoms with Crippen molar-refractivity contribution in [1.82, 2.24) is 4.57 Å². The Bertz CT molecular complexity index is 973. The first kappa shape index (κ1) is 16.0. The van der Waals surface area contributed by atoms with Gasteiger partial charge in [-0.25, -0.2) is 0 Å². The molecule has 0 aliphatic carbocycles. The highest BCUT2D eigenvalue weighted by molar-refractivity contribution is 6.07. The molecule has 0 bridgehead atoms. The van der Waals surface area contributed by atoms with Crippen LogP contribution in [0, 0.1) is 6.92 Å². The molecule has 0 atom stereocenters.